The van der Waals surface area contributed by atoms with Crippen molar-refractivity contribution in [2.45, 2.75) is 44.2 Å². The lowest BCUT2D eigenvalue weighted by atomic mass is 10.0. The number of pyridine rings is 1. The largest absolute Gasteiger partial charge is 0.444 e. The van der Waals surface area contributed by atoms with Crippen molar-refractivity contribution < 1.29 is 17.9 Å². The molecule has 2 heterocycles. The standard InChI is InChI=1S/C17H23N3O4S/c1-17(2,3)24-16(21)20-8-4-5-14(11-20)12-25(22,23)15-9-13(10-18)6-7-19-15/h6-7,9,14H,4-5,8,11-12H2,1-3H3/t14-/m1/s1. The van der Waals surface area contributed by atoms with Crippen LogP contribution in [-0.2, 0) is 14.6 Å². The van der Waals surface area contributed by atoms with E-state index in [1.54, 1.807) is 25.7 Å². The molecule has 0 radical (unpaired) electrons. The van der Waals surface area contributed by atoms with Crippen molar-refractivity contribution in [2.24, 2.45) is 5.92 Å². The lowest BCUT2D eigenvalue weighted by Crippen LogP contribution is -2.44. The Morgan fingerprint density at radius 3 is 2.84 bits per heavy atom. The summed E-state index contributed by atoms with van der Waals surface area (Å²) in [5, 5.41) is 8.81. The van der Waals surface area contributed by atoms with E-state index in [-0.39, 0.29) is 22.3 Å². The lowest BCUT2D eigenvalue weighted by molar-refractivity contribution is 0.0176. The Morgan fingerprint density at radius 1 is 1.48 bits per heavy atom. The summed E-state index contributed by atoms with van der Waals surface area (Å²) in [6.07, 6.45) is 2.35. The third-order valence-electron chi connectivity index (χ3n) is 3.81. The monoisotopic (exact) mass is 365 g/mol. The Morgan fingerprint density at radius 2 is 2.20 bits per heavy atom. The number of hydrogen-bond donors (Lipinski definition) is 0. The van der Waals surface area contributed by atoms with Crippen molar-refractivity contribution in [3.8, 4) is 6.07 Å². The van der Waals surface area contributed by atoms with Crippen molar-refractivity contribution in [2.75, 3.05) is 18.8 Å². The Labute approximate surface area is 148 Å². The van der Waals surface area contributed by atoms with Gasteiger partial charge in [0.25, 0.3) is 0 Å². The van der Waals surface area contributed by atoms with E-state index >= 15 is 0 Å². The van der Waals surface area contributed by atoms with Gasteiger partial charge in [-0.25, -0.2) is 18.2 Å². The van der Waals surface area contributed by atoms with Crippen LogP contribution in [0.4, 0.5) is 4.79 Å². The van der Waals surface area contributed by atoms with Gasteiger partial charge in [0.2, 0.25) is 0 Å². The molecule has 1 aromatic rings. The highest BCUT2D eigenvalue weighted by Gasteiger charge is 2.31. The average molecular weight is 365 g/mol. The number of aromatic nitrogens is 1. The van der Waals surface area contributed by atoms with Gasteiger partial charge in [0.1, 0.15) is 5.60 Å². The van der Waals surface area contributed by atoms with Gasteiger partial charge in [0.05, 0.1) is 17.4 Å². The predicted octanol–water partition coefficient (Wildman–Crippen LogP) is 2.37. The van der Waals surface area contributed by atoms with Gasteiger partial charge in [-0.3, -0.25) is 0 Å². The van der Waals surface area contributed by atoms with Crippen LogP contribution in [0.1, 0.15) is 39.2 Å². The van der Waals surface area contributed by atoms with E-state index in [4.69, 9.17) is 10.00 Å². The molecule has 1 aromatic heterocycles. The Hall–Kier alpha value is -2.14. The number of sulfone groups is 1. The first-order chi connectivity index (χ1) is 11.6. The number of nitrogens with zero attached hydrogens (tertiary/aromatic N) is 3. The van der Waals surface area contributed by atoms with E-state index in [9.17, 15) is 13.2 Å². The van der Waals surface area contributed by atoms with Crippen LogP contribution in [0, 0.1) is 17.2 Å². The summed E-state index contributed by atoms with van der Waals surface area (Å²) in [5.41, 5.74) is -0.329. The Bertz CT molecular complexity index is 778. The van der Waals surface area contributed by atoms with Crippen LogP contribution >= 0.6 is 0 Å². The van der Waals surface area contributed by atoms with Crippen LogP contribution in [-0.4, -0.2) is 48.8 Å². The highest BCUT2D eigenvalue weighted by atomic mass is 32.2. The normalized spacial score (nSPS) is 18.5. The number of carbonyl (C=O) groups excluding carboxylic acids is 1. The van der Waals surface area contributed by atoms with Gasteiger partial charge in [-0.2, -0.15) is 5.26 Å². The van der Waals surface area contributed by atoms with Crippen LogP contribution in [0.15, 0.2) is 23.4 Å². The summed E-state index contributed by atoms with van der Waals surface area (Å²) >= 11 is 0. The van der Waals surface area contributed by atoms with Crippen LogP contribution < -0.4 is 0 Å². The molecule has 1 aliphatic heterocycles. The fraction of sp³-hybridized carbons (Fsp3) is 0.588. The van der Waals surface area contributed by atoms with Crippen LogP contribution in [0.3, 0.4) is 0 Å². The van der Waals surface area contributed by atoms with Crippen LogP contribution in [0.25, 0.3) is 0 Å². The quantitative estimate of drug-likeness (QED) is 0.815. The maximum absolute atomic E-state index is 12.6. The number of ether oxygens (including phenoxy) is 1. The molecule has 0 aliphatic carbocycles. The molecule has 1 atom stereocenters. The molecule has 0 spiro atoms. The highest BCUT2D eigenvalue weighted by Crippen LogP contribution is 2.23. The molecule has 0 unspecified atom stereocenters. The highest BCUT2D eigenvalue weighted by molar-refractivity contribution is 7.91. The van der Waals surface area contributed by atoms with Gasteiger partial charge in [-0.15, -0.1) is 0 Å². The number of nitriles is 1. The molecule has 1 fully saturated rings. The van der Waals surface area contributed by atoms with E-state index in [1.165, 1.54) is 18.3 Å². The molecule has 0 bridgehead atoms. The zero-order chi connectivity index (χ0) is 18.7. The summed E-state index contributed by atoms with van der Waals surface area (Å²) in [5.74, 6) is -0.285. The molecule has 0 N–H and O–H groups in total. The topological polar surface area (TPSA) is 100 Å². The SMILES string of the molecule is CC(C)(C)OC(=O)N1CCC[C@@H](CS(=O)(=O)c2cc(C#N)ccn2)C1. The van der Waals surface area contributed by atoms with Gasteiger partial charge >= 0.3 is 6.09 Å². The van der Waals surface area contributed by atoms with Gasteiger partial charge in [0.15, 0.2) is 14.9 Å². The number of carbonyl (C=O) groups is 1. The number of likely N-dealkylation sites (tertiary alicyclic amines) is 1. The first kappa shape index (κ1) is 19.2. The molecular weight excluding hydrogens is 342 g/mol. The van der Waals surface area contributed by atoms with Crippen molar-refractivity contribution in [3.05, 3.63) is 23.9 Å². The minimum absolute atomic E-state index is 0.0964. The van der Waals surface area contributed by atoms with Crippen LogP contribution in [0.2, 0.25) is 0 Å². The van der Waals surface area contributed by atoms with E-state index in [1.807, 2.05) is 6.07 Å². The summed E-state index contributed by atoms with van der Waals surface area (Å²) in [6.45, 7) is 6.29. The van der Waals surface area contributed by atoms with Gasteiger partial charge in [0, 0.05) is 19.3 Å². The second-order valence-electron chi connectivity index (χ2n) is 7.21. The molecule has 8 heteroatoms. The van der Waals surface area contributed by atoms with Crippen molar-refractivity contribution in [3.63, 3.8) is 0 Å². The molecule has 1 aliphatic rings. The molecule has 2 rings (SSSR count). The molecule has 1 amide bonds. The number of rotatable bonds is 3. The van der Waals surface area contributed by atoms with Crippen molar-refractivity contribution in [1.82, 2.24) is 9.88 Å². The van der Waals surface area contributed by atoms with Gasteiger partial charge in [-0.05, 0) is 51.7 Å². The van der Waals surface area contributed by atoms with E-state index in [2.05, 4.69) is 4.98 Å². The van der Waals surface area contributed by atoms with Gasteiger partial charge < -0.3 is 9.64 Å². The van der Waals surface area contributed by atoms with Gasteiger partial charge in [-0.1, -0.05) is 0 Å². The third-order valence-corrected chi connectivity index (χ3v) is 5.58. The number of hydrogen-bond acceptors (Lipinski definition) is 6. The first-order valence-corrected chi connectivity index (χ1v) is 9.83. The second-order valence-corrected chi connectivity index (χ2v) is 9.19. The number of piperidine rings is 1. The molecular formula is C17H23N3O4S. The van der Waals surface area contributed by atoms with Crippen molar-refractivity contribution in [1.29, 1.82) is 5.26 Å². The Balaban J connectivity index is 2.06. The maximum Gasteiger partial charge on any atom is 0.410 e. The molecule has 0 saturated carbocycles. The zero-order valence-corrected chi connectivity index (χ0v) is 15.5. The van der Waals surface area contributed by atoms with E-state index in [0.29, 0.717) is 13.1 Å². The summed E-state index contributed by atoms with van der Waals surface area (Å²) in [6, 6.07) is 4.66. The van der Waals surface area contributed by atoms with E-state index < -0.39 is 21.5 Å². The zero-order valence-electron chi connectivity index (χ0n) is 14.7. The lowest BCUT2D eigenvalue weighted by Gasteiger charge is -2.34. The summed E-state index contributed by atoms with van der Waals surface area (Å²) < 4.78 is 30.5. The fourth-order valence-corrected chi connectivity index (χ4v) is 4.33. The molecule has 136 valence electrons. The Kier molecular flexibility index (Phi) is 5.68. The minimum Gasteiger partial charge on any atom is -0.444 e. The van der Waals surface area contributed by atoms with Crippen LogP contribution in [0.5, 0.6) is 0 Å². The molecule has 0 aromatic carbocycles. The smallest absolute Gasteiger partial charge is 0.410 e. The van der Waals surface area contributed by atoms with E-state index in [0.717, 1.165) is 12.8 Å². The fourth-order valence-electron chi connectivity index (χ4n) is 2.74. The summed E-state index contributed by atoms with van der Waals surface area (Å²) in [4.78, 5) is 17.6. The second kappa shape index (κ2) is 7.40. The summed E-state index contributed by atoms with van der Waals surface area (Å²) in [7, 11) is -3.62. The number of amides is 1. The average Bonchev–Trinajstić information content (AvgIpc) is 2.53. The first-order valence-electron chi connectivity index (χ1n) is 8.17. The predicted molar refractivity (Wildman–Crippen MR) is 91.5 cm³/mol. The molecule has 25 heavy (non-hydrogen) atoms. The minimum atomic E-state index is -3.62. The third kappa shape index (κ3) is 5.43. The molecule has 7 nitrogen and oxygen atoms in total. The molecule has 1 saturated heterocycles. The maximum atomic E-state index is 12.6. The van der Waals surface area contributed by atoms with Crippen molar-refractivity contribution >= 4 is 15.9 Å².